The second-order valence-corrected chi connectivity index (χ2v) is 6.30. The van der Waals surface area contributed by atoms with Crippen molar-refractivity contribution in [2.75, 3.05) is 17.2 Å². The van der Waals surface area contributed by atoms with Crippen molar-refractivity contribution < 1.29 is 9.90 Å². The highest BCUT2D eigenvalue weighted by Gasteiger charge is 2.32. The average molecular weight is 298 g/mol. The number of nitrogens with zero attached hydrogens (tertiary/aromatic N) is 4. The topological polar surface area (TPSA) is 71.2 Å². The first-order valence-electron chi connectivity index (χ1n) is 7.10. The molecule has 0 unspecified atom stereocenters. The number of thioether (sulfide) groups is 1. The highest BCUT2D eigenvalue weighted by molar-refractivity contribution is 7.99. The van der Waals surface area contributed by atoms with Gasteiger partial charge in [-0.15, -0.1) is 10.2 Å². The SMILES string of the molecule is CCCN(c1nnc(SCC(=O)O)n1C1CC1)C(C)C. The fourth-order valence-corrected chi connectivity index (χ4v) is 2.89. The fourth-order valence-electron chi connectivity index (χ4n) is 2.17. The summed E-state index contributed by atoms with van der Waals surface area (Å²) in [6.07, 6.45) is 3.31. The maximum absolute atomic E-state index is 10.7. The molecule has 20 heavy (non-hydrogen) atoms. The maximum atomic E-state index is 10.7. The van der Waals surface area contributed by atoms with E-state index in [1.165, 1.54) is 11.8 Å². The van der Waals surface area contributed by atoms with E-state index in [1.807, 2.05) is 0 Å². The van der Waals surface area contributed by atoms with Gasteiger partial charge in [-0.1, -0.05) is 18.7 Å². The van der Waals surface area contributed by atoms with Crippen molar-refractivity contribution in [1.82, 2.24) is 14.8 Å². The minimum absolute atomic E-state index is 0.0281. The first kappa shape index (κ1) is 15.2. The predicted octanol–water partition coefficient (Wildman–Crippen LogP) is 2.41. The third-order valence-corrected chi connectivity index (χ3v) is 4.16. The molecule has 1 heterocycles. The van der Waals surface area contributed by atoms with Gasteiger partial charge in [0.2, 0.25) is 5.95 Å². The van der Waals surface area contributed by atoms with Crippen LogP contribution in [-0.2, 0) is 4.79 Å². The zero-order valence-corrected chi connectivity index (χ0v) is 13.1. The summed E-state index contributed by atoms with van der Waals surface area (Å²) >= 11 is 1.25. The Kier molecular flexibility index (Phi) is 4.91. The van der Waals surface area contributed by atoms with Crippen LogP contribution in [0.15, 0.2) is 5.16 Å². The largest absolute Gasteiger partial charge is 0.481 e. The molecule has 112 valence electrons. The summed E-state index contributed by atoms with van der Waals surface area (Å²) in [4.78, 5) is 13.0. The van der Waals surface area contributed by atoms with E-state index < -0.39 is 5.97 Å². The third kappa shape index (κ3) is 3.45. The number of carbonyl (C=O) groups is 1. The Morgan fingerprint density at radius 1 is 1.50 bits per heavy atom. The van der Waals surface area contributed by atoms with Crippen LogP contribution in [-0.4, -0.2) is 44.2 Å². The van der Waals surface area contributed by atoms with Crippen molar-refractivity contribution in [3.05, 3.63) is 0 Å². The second-order valence-electron chi connectivity index (χ2n) is 5.35. The van der Waals surface area contributed by atoms with Gasteiger partial charge in [-0.3, -0.25) is 9.36 Å². The van der Waals surface area contributed by atoms with Gasteiger partial charge in [-0.25, -0.2) is 0 Å². The van der Waals surface area contributed by atoms with Crippen LogP contribution in [0.5, 0.6) is 0 Å². The van der Waals surface area contributed by atoms with E-state index in [4.69, 9.17) is 5.11 Å². The van der Waals surface area contributed by atoms with Gasteiger partial charge in [0.25, 0.3) is 0 Å². The molecule has 7 heteroatoms. The van der Waals surface area contributed by atoms with Crippen molar-refractivity contribution in [2.24, 2.45) is 0 Å². The fraction of sp³-hybridized carbons (Fsp3) is 0.769. The molecule has 0 radical (unpaired) electrons. The zero-order chi connectivity index (χ0) is 14.7. The second kappa shape index (κ2) is 6.47. The first-order chi connectivity index (χ1) is 9.54. The molecule has 0 bridgehead atoms. The summed E-state index contributed by atoms with van der Waals surface area (Å²) in [6, 6.07) is 0.795. The van der Waals surface area contributed by atoms with Crippen molar-refractivity contribution >= 4 is 23.7 Å². The zero-order valence-electron chi connectivity index (χ0n) is 12.2. The summed E-state index contributed by atoms with van der Waals surface area (Å²) in [5.74, 6) is 0.0914. The lowest BCUT2D eigenvalue weighted by molar-refractivity contribution is -0.133. The van der Waals surface area contributed by atoms with Crippen LogP contribution in [0.3, 0.4) is 0 Å². The number of anilines is 1. The predicted molar refractivity (Wildman–Crippen MR) is 79.4 cm³/mol. The molecule has 2 rings (SSSR count). The van der Waals surface area contributed by atoms with Gasteiger partial charge >= 0.3 is 5.97 Å². The minimum atomic E-state index is -0.823. The Hall–Kier alpha value is -1.24. The lowest BCUT2D eigenvalue weighted by Crippen LogP contribution is -2.34. The van der Waals surface area contributed by atoms with Crippen LogP contribution in [0.2, 0.25) is 0 Å². The lowest BCUT2D eigenvalue weighted by atomic mass is 10.3. The van der Waals surface area contributed by atoms with Crippen molar-refractivity contribution in [3.8, 4) is 0 Å². The van der Waals surface area contributed by atoms with Gasteiger partial charge in [0.15, 0.2) is 5.16 Å². The van der Waals surface area contributed by atoms with E-state index in [1.54, 1.807) is 0 Å². The molecule has 1 saturated carbocycles. The molecule has 1 aromatic rings. The van der Waals surface area contributed by atoms with Crippen LogP contribution in [0.4, 0.5) is 5.95 Å². The summed E-state index contributed by atoms with van der Waals surface area (Å²) < 4.78 is 2.13. The van der Waals surface area contributed by atoms with E-state index in [2.05, 4.69) is 40.4 Å². The number of hydrogen-bond donors (Lipinski definition) is 1. The van der Waals surface area contributed by atoms with Gasteiger partial charge in [0, 0.05) is 18.6 Å². The van der Waals surface area contributed by atoms with Gasteiger partial charge in [-0.05, 0) is 33.1 Å². The van der Waals surface area contributed by atoms with Gasteiger partial charge < -0.3 is 10.0 Å². The van der Waals surface area contributed by atoms with E-state index in [0.717, 1.165) is 36.9 Å². The molecular formula is C13H22N4O2S. The van der Waals surface area contributed by atoms with E-state index in [0.29, 0.717) is 12.1 Å². The average Bonchev–Trinajstić information content (AvgIpc) is 3.14. The number of aliphatic carboxylic acids is 1. The number of hydrogen-bond acceptors (Lipinski definition) is 5. The molecule has 0 spiro atoms. The highest BCUT2D eigenvalue weighted by Crippen LogP contribution is 2.41. The van der Waals surface area contributed by atoms with Crippen LogP contribution in [0.25, 0.3) is 0 Å². The molecule has 0 saturated heterocycles. The lowest BCUT2D eigenvalue weighted by Gasteiger charge is -2.27. The van der Waals surface area contributed by atoms with Crippen molar-refractivity contribution in [2.45, 2.75) is 57.3 Å². The number of rotatable bonds is 8. The Labute approximate surface area is 123 Å². The first-order valence-corrected chi connectivity index (χ1v) is 8.09. The summed E-state index contributed by atoms with van der Waals surface area (Å²) in [5.41, 5.74) is 0. The summed E-state index contributed by atoms with van der Waals surface area (Å²) in [6.45, 7) is 7.37. The normalized spacial score (nSPS) is 14.8. The molecule has 0 aliphatic heterocycles. The standard InChI is InChI=1S/C13H22N4O2S/c1-4-7-16(9(2)3)12-14-15-13(20-8-11(18)19)17(12)10-5-6-10/h9-10H,4-8H2,1-3H3,(H,18,19). The monoisotopic (exact) mass is 298 g/mol. The van der Waals surface area contributed by atoms with Crippen LogP contribution in [0.1, 0.15) is 46.1 Å². The molecule has 0 atom stereocenters. The van der Waals surface area contributed by atoms with Gasteiger partial charge in [0.1, 0.15) is 0 Å². The van der Waals surface area contributed by atoms with Crippen LogP contribution < -0.4 is 4.90 Å². The number of carboxylic acids is 1. The smallest absolute Gasteiger partial charge is 0.313 e. The molecule has 0 amide bonds. The van der Waals surface area contributed by atoms with E-state index in [9.17, 15) is 4.79 Å². The Morgan fingerprint density at radius 3 is 2.70 bits per heavy atom. The minimum Gasteiger partial charge on any atom is -0.481 e. The molecule has 6 nitrogen and oxygen atoms in total. The van der Waals surface area contributed by atoms with Crippen molar-refractivity contribution in [1.29, 1.82) is 0 Å². The molecule has 1 N–H and O–H groups in total. The highest BCUT2D eigenvalue weighted by atomic mass is 32.2. The maximum Gasteiger partial charge on any atom is 0.313 e. The molecule has 1 aliphatic carbocycles. The molecule has 1 aromatic heterocycles. The third-order valence-electron chi connectivity index (χ3n) is 3.23. The molecule has 0 aromatic carbocycles. The number of aromatic nitrogens is 3. The molecule has 1 fully saturated rings. The Balaban J connectivity index is 2.25. The van der Waals surface area contributed by atoms with Crippen LogP contribution in [0, 0.1) is 0 Å². The van der Waals surface area contributed by atoms with Gasteiger partial charge in [-0.2, -0.15) is 0 Å². The van der Waals surface area contributed by atoms with E-state index >= 15 is 0 Å². The quantitative estimate of drug-likeness (QED) is 0.743. The summed E-state index contributed by atoms with van der Waals surface area (Å²) in [7, 11) is 0. The Bertz CT molecular complexity index is 471. The van der Waals surface area contributed by atoms with Gasteiger partial charge in [0.05, 0.1) is 5.75 Å². The summed E-state index contributed by atoms with van der Waals surface area (Å²) in [5, 5.41) is 18.1. The molecule has 1 aliphatic rings. The number of carboxylic acid groups (broad SMARTS) is 1. The Morgan fingerprint density at radius 2 is 2.20 bits per heavy atom. The molecular weight excluding hydrogens is 276 g/mol. The van der Waals surface area contributed by atoms with Crippen molar-refractivity contribution in [3.63, 3.8) is 0 Å². The van der Waals surface area contributed by atoms with E-state index in [-0.39, 0.29) is 5.75 Å². The van der Waals surface area contributed by atoms with Crippen LogP contribution >= 0.6 is 11.8 Å².